The highest BCUT2D eigenvalue weighted by Crippen LogP contribution is 2.52. The minimum absolute atomic E-state index is 0.108. The van der Waals surface area contributed by atoms with Gasteiger partial charge in [0.05, 0.1) is 4.88 Å². The summed E-state index contributed by atoms with van der Waals surface area (Å²) < 4.78 is 0. The van der Waals surface area contributed by atoms with E-state index in [9.17, 15) is 9.59 Å². The highest BCUT2D eigenvalue weighted by Gasteiger charge is 2.46. The van der Waals surface area contributed by atoms with E-state index >= 15 is 0 Å². The van der Waals surface area contributed by atoms with Gasteiger partial charge >= 0.3 is 0 Å². The molecule has 2 amide bonds. The molecule has 0 bridgehead atoms. The fraction of sp³-hybridized carbons (Fsp3) is 0.500. The third-order valence-electron chi connectivity index (χ3n) is 6.89. The van der Waals surface area contributed by atoms with Gasteiger partial charge in [-0.05, 0) is 67.0 Å². The Morgan fingerprint density at radius 3 is 2.48 bits per heavy atom. The van der Waals surface area contributed by atoms with E-state index in [1.165, 1.54) is 22.5 Å². The van der Waals surface area contributed by atoms with Gasteiger partial charge < -0.3 is 9.80 Å². The lowest BCUT2D eigenvalue weighted by atomic mass is 9.73. The zero-order chi connectivity index (χ0) is 20.4. The number of rotatable bonds is 5. The van der Waals surface area contributed by atoms with Crippen molar-refractivity contribution in [2.45, 2.75) is 50.9 Å². The zero-order valence-electron chi connectivity index (χ0n) is 17.4. The number of benzene rings is 1. The summed E-state index contributed by atoms with van der Waals surface area (Å²) in [6, 6.07) is 12.5. The highest BCUT2D eigenvalue weighted by atomic mass is 32.1. The van der Waals surface area contributed by atoms with Crippen molar-refractivity contribution < 1.29 is 9.59 Å². The number of likely N-dealkylation sites (tertiary alicyclic amines) is 1. The van der Waals surface area contributed by atoms with Crippen molar-refractivity contribution in [3.63, 3.8) is 0 Å². The first-order valence-electron chi connectivity index (χ1n) is 10.8. The quantitative estimate of drug-likeness (QED) is 0.719. The second-order valence-corrected chi connectivity index (χ2v) is 9.26. The van der Waals surface area contributed by atoms with Crippen LogP contribution in [0.2, 0.25) is 0 Å². The molecule has 2 heterocycles. The molecule has 1 aliphatic heterocycles. The Morgan fingerprint density at radius 2 is 1.83 bits per heavy atom. The van der Waals surface area contributed by atoms with E-state index in [1.54, 1.807) is 0 Å². The van der Waals surface area contributed by atoms with Gasteiger partial charge in [-0.25, -0.2) is 0 Å². The van der Waals surface area contributed by atoms with Crippen LogP contribution in [0.3, 0.4) is 0 Å². The summed E-state index contributed by atoms with van der Waals surface area (Å²) in [4.78, 5) is 30.3. The number of carbonyl (C=O) groups excluding carboxylic acids is 2. The predicted molar refractivity (Wildman–Crippen MR) is 117 cm³/mol. The molecular weight excluding hydrogens is 380 g/mol. The Hall–Kier alpha value is -2.14. The lowest BCUT2D eigenvalue weighted by Gasteiger charge is -2.40. The molecule has 4 nitrogen and oxygen atoms in total. The van der Waals surface area contributed by atoms with Gasteiger partial charge in [-0.15, -0.1) is 11.3 Å². The van der Waals surface area contributed by atoms with E-state index in [-0.39, 0.29) is 17.2 Å². The molecule has 0 unspecified atom stereocenters. The summed E-state index contributed by atoms with van der Waals surface area (Å²) in [5, 5.41) is 1.96. The molecule has 5 heteroatoms. The van der Waals surface area contributed by atoms with Crippen LogP contribution in [0.4, 0.5) is 0 Å². The standard InChI is InChI=1S/C24H30N2O2S/c1-3-25(4-2)22(27)16-18-17-24(20-9-6-5-8-19(18)20)11-13-26(14-12-24)23(28)21-10-7-15-29-21/h5-10,15,18H,3-4,11-14,16-17H2,1-2H3/t18-/m0/s1. The number of piperidine rings is 1. The average Bonchev–Trinajstić information content (AvgIpc) is 3.37. The van der Waals surface area contributed by atoms with E-state index < -0.39 is 0 Å². The van der Waals surface area contributed by atoms with Crippen LogP contribution in [0, 0.1) is 0 Å². The van der Waals surface area contributed by atoms with Gasteiger partial charge in [-0.2, -0.15) is 0 Å². The van der Waals surface area contributed by atoms with Crippen LogP contribution < -0.4 is 0 Å². The lowest BCUT2D eigenvalue weighted by molar-refractivity contribution is -0.131. The van der Waals surface area contributed by atoms with Crippen molar-refractivity contribution in [2.24, 2.45) is 0 Å². The number of hydrogen-bond acceptors (Lipinski definition) is 3. The smallest absolute Gasteiger partial charge is 0.263 e. The lowest BCUT2D eigenvalue weighted by Crippen LogP contribution is -2.44. The molecule has 0 N–H and O–H groups in total. The predicted octanol–water partition coefficient (Wildman–Crippen LogP) is 4.67. The van der Waals surface area contributed by atoms with Crippen LogP contribution in [0.1, 0.15) is 66.2 Å². The number of hydrogen-bond donors (Lipinski definition) is 0. The SMILES string of the molecule is CCN(CC)C(=O)C[C@H]1CC2(CCN(C(=O)c3cccs3)CC2)c2ccccc21. The molecule has 1 saturated heterocycles. The van der Waals surface area contributed by atoms with Crippen molar-refractivity contribution in [3.05, 3.63) is 57.8 Å². The number of amides is 2. The molecule has 1 spiro atoms. The molecule has 2 aromatic rings. The molecule has 2 aliphatic rings. The monoisotopic (exact) mass is 410 g/mol. The maximum absolute atomic E-state index is 12.8. The number of thiophene rings is 1. The van der Waals surface area contributed by atoms with Crippen molar-refractivity contribution in [1.82, 2.24) is 9.80 Å². The molecular formula is C24H30N2O2S. The summed E-state index contributed by atoms with van der Waals surface area (Å²) in [7, 11) is 0. The van der Waals surface area contributed by atoms with Gasteiger partial charge in [0.15, 0.2) is 0 Å². The average molecular weight is 411 g/mol. The molecule has 4 rings (SSSR count). The van der Waals surface area contributed by atoms with Gasteiger partial charge in [0.1, 0.15) is 0 Å². The van der Waals surface area contributed by atoms with Crippen LogP contribution in [0.5, 0.6) is 0 Å². The molecule has 154 valence electrons. The van der Waals surface area contributed by atoms with E-state index in [2.05, 4.69) is 24.3 Å². The zero-order valence-corrected chi connectivity index (χ0v) is 18.2. The largest absolute Gasteiger partial charge is 0.343 e. The number of nitrogens with zero attached hydrogens (tertiary/aromatic N) is 2. The third-order valence-corrected chi connectivity index (χ3v) is 7.74. The van der Waals surface area contributed by atoms with Crippen molar-refractivity contribution in [3.8, 4) is 0 Å². The first kappa shape index (κ1) is 20.1. The minimum atomic E-state index is 0.108. The molecule has 1 aromatic heterocycles. The summed E-state index contributed by atoms with van der Waals surface area (Å²) in [5.74, 6) is 0.713. The minimum Gasteiger partial charge on any atom is -0.343 e. The number of fused-ring (bicyclic) bond motifs is 2. The summed E-state index contributed by atoms with van der Waals surface area (Å²) >= 11 is 1.52. The van der Waals surface area contributed by atoms with E-state index in [0.29, 0.717) is 12.3 Å². The molecule has 1 aromatic carbocycles. The summed E-state index contributed by atoms with van der Waals surface area (Å²) in [5.41, 5.74) is 2.88. The van der Waals surface area contributed by atoms with E-state index in [4.69, 9.17) is 0 Å². The first-order chi connectivity index (χ1) is 14.1. The van der Waals surface area contributed by atoms with Gasteiger partial charge in [0.2, 0.25) is 5.91 Å². The maximum Gasteiger partial charge on any atom is 0.263 e. The van der Waals surface area contributed by atoms with Gasteiger partial charge in [-0.3, -0.25) is 9.59 Å². The fourth-order valence-electron chi connectivity index (χ4n) is 5.29. The third kappa shape index (κ3) is 3.73. The number of carbonyl (C=O) groups is 2. The van der Waals surface area contributed by atoms with E-state index in [1.807, 2.05) is 41.2 Å². The molecule has 1 atom stereocenters. The molecule has 0 saturated carbocycles. The molecule has 1 fully saturated rings. The topological polar surface area (TPSA) is 40.6 Å². The van der Waals surface area contributed by atoms with E-state index in [0.717, 1.165) is 50.3 Å². The maximum atomic E-state index is 12.8. The molecule has 1 aliphatic carbocycles. The Balaban J connectivity index is 1.50. The Bertz CT molecular complexity index is 865. The van der Waals surface area contributed by atoms with Crippen molar-refractivity contribution in [2.75, 3.05) is 26.2 Å². The fourth-order valence-corrected chi connectivity index (χ4v) is 5.98. The van der Waals surface area contributed by atoms with Gasteiger partial charge in [0.25, 0.3) is 5.91 Å². The van der Waals surface area contributed by atoms with Crippen molar-refractivity contribution in [1.29, 1.82) is 0 Å². The van der Waals surface area contributed by atoms with Crippen LogP contribution in [0.15, 0.2) is 41.8 Å². The highest BCUT2D eigenvalue weighted by molar-refractivity contribution is 7.12. The second kappa shape index (κ2) is 8.31. The Labute approximate surface area is 177 Å². The Kier molecular flexibility index (Phi) is 5.77. The second-order valence-electron chi connectivity index (χ2n) is 8.31. The Morgan fingerprint density at radius 1 is 1.10 bits per heavy atom. The normalized spacial score (nSPS) is 19.9. The van der Waals surface area contributed by atoms with Crippen LogP contribution in [0.25, 0.3) is 0 Å². The van der Waals surface area contributed by atoms with Crippen LogP contribution in [-0.4, -0.2) is 47.8 Å². The van der Waals surface area contributed by atoms with Gasteiger partial charge in [0, 0.05) is 32.6 Å². The van der Waals surface area contributed by atoms with Crippen LogP contribution >= 0.6 is 11.3 Å². The van der Waals surface area contributed by atoms with Crippen molar-refractivity contribution >= 4 is 23.2 Å². The molecule has 29 heavy (non-hydrogen) atoms. The van der Waals surface area contributed by atoms with Crippen LogP contribution in [-0.2, 0) is 10.2 Å². The summed E-state index contributed by atoms with van der Waals surface area (Å²) in [6.07, 6.45) is 3.59. The first-order valence-corrected chi connectivity index (χ1v) is 11.7. The summed E-state index contributed by atoms with van der Waals surface area (Å²) in [6.45, 7) is 7.23. The molecule has 0 radical (unpaired) electrons. The van der Waals surface area contributed by atoms with Gasteiger partial charge in [-0.1, -0.05) is 30.3 Å².